The molecule has 0 N–H and O–H groups in total. The van der Waals surface area contributed by atoms with E-state index in [-0.39, 0.29) is 5.97 Å². The van der Waals surface area contributed by atoms with Crippen LogP contribution in [0.1, 0.15) is 90.9 Å². The van der Waals surface area contributed by atoms with Gasteiger partial charge in [-0.25, -0.2) is 0 Å². The van der Waals surface area contributed by atoms with Gasteiger partial charge < -0.3 is 4.74 Å². The Bertz CT molecular complexity index is 292. The summed E-state index contributed by atoms with van der Waals surface area (Å²) in [6, 6.07) is 0. The molecular weight excluding hydrogens is 272 g/mol. The Morgan fingerprint density at radius 3 is 1.68 bits per heavy atom. The molecule has 0 aromatic heterocycles. The lowest BCUT2D eigenvalue weighted by molar-refractivity contribution is -0.139. The fourth-order valence-electron chi connectivity index (χ4n) is 2.32. The number of esters is 1. The Kier molecular flexibility index (Phi) is 17.1. The summed E-state index contributed by atoms with van der Waals surface area (Å²) in [5.41, 5.74) is 0. The van der Waals surface area contributed by atoms with E-state index in [2.05, 4.69) is 25.2 Å². The third-order valence-electron chi connectivity index (χ3n) is 3.68. The maximum atomic E-state index is 10.5. The maximum Gasteiger partial charge on any atom is 0.302 e. The minimum absolute atomic E-state index is 0.207. The maximum absolute atomic E-state index is 10.5. The van der Waals surface area contributed by atoms with Crippen molar-refractivity contribution >= 4 is 5.97 Å². The van der Waals surface area contributed by atoms with Crippen molar-refractivity contribution in [3.05, 3.63) is 24.3 Å². The van der Waals surface area contributed by atoms with Gasteiger partial charge in [-0.15, -0.1) is 0 Å². The third-order valence-corrected chi connectivity index (χ3v) is 3.68. The molecule has 0 amide bonds. The Morgan fingerprint density at radius 2 is 1.18 bits per heavy atom. The quantitative estimate of drug-likeness (QED) is 0.200. The molecule has 128 valence electrons. The Balaban J connectivity index is 3.11. The van der Waals surface area contributed by atoms with E-state index in [4.69, 9.17) is 4.74 Å². The highest BCUT2D eigenvalue weighted by atomic mass is 16.5. The number of hydrogen-bond acceptors (Lipinski definition) is 2. The molecule has 0 fully saturated rings. The van der Waals surface area contributed by atoms with Crippen LogP contribution in [0.15, 0.2) is 24.3 Å². The van der Waals surface area contributed by atoms with Gasteiger partial charge in [0.25, 0.3) is 0 Å². The van der Waals surface area contributed by atoms with Gasteiger partial charge >= 0.3 is 5.97 Å². The molecule has 0 aliphatic rings. The van der Waals surface area contributed by atoms with Gasteiger partial charge in [-0.05, 0) is 32.1 Å². The lowest BCUT2D eigenvalue weighted by atomic mass is 10.1. The second-order valence-corrected chi connectivity index (χ2v) is 5.94. The summed E-state index contributed by atoms with van der Waals surface area (Å²) in [5, 5.41) is 0. The molecular formula is C20H36O2. The van der Waals surface area contributed by atoms with Crippen LogP contribution in [0, 0.1) is 0 Å². The van der Waals surface area contributed by atoms with Crippen molar-refractivity contribution in [2.45, 2.75) is 90.9 Å². The zero-order valence-corrected chi connectivity index (χ0v) is 14.8. The van der Waals surface area contributed by atoms with Gasteiger partial charge in [-0.3, -0.25) is 4.79 Å². The highest BCUT2D eigenvalue weighted by Crippen LogP contribution is 2.10. The molecule has 0 atom stereocenters. The van der Waals surface area contributed by atoms with Crippen LogP contribution in [0.3, 0.4) is 0 Å². The van der Waals surface area contributed by atoms with Crippen LogP contribution >= 0.6 is 0 Å². The van der Waals surface area contributed by atoms with Crippen molar-refractivity contribution < 1.29 is 9.53 Å². The van der Waals surface area contributed by atoms with Gasteiger partial charge in [-0.1, -0.05) is 76.2 Å². The van der Waals surface area contributed by atoms with Gasteiger partial charge in [-0.2, -0.15) is 0 Å². The number of carbonyl (C=O) groups excluding carboxylic acids is 1. The minimum atomic E-state index is -0.207. The second kappa shape index (κ2) is 18.0. The predicted octanol–water partition coefficient (Wildman–Crippen LogP) is 6.36. The van der Waals surface area contributed by atoms with Crippen molar-refractivity contribution in [2.24, 2.45) is 0 Å². The largest absolute Gasteiger partial charge is 0.462 e. The molecule has 0 rings (SSSR count). The monoisotopic (exact) mass is 308 g/mol. The van der Waals surface area contributed by atoms with E-state index in [1.165, 1.54) is 77.6 Å². The summed E-state index contributed by atoms with van der Waals surface area (Å²) in [6.07, 6.45) is 24.4. The average Bonchev–Trinajstić information content (AvgIpc) is 2.50. The SMILES string of the molecule is CCCC/C=C/CCCCCCCCC/C=C\COC(C)=O. The summed E-state index contributed by atoms with van der Waals surface area (Å²) >= 11 is 0. The van der Waals surface area contributed by atoms with E-state index >= 15 is 0 Å². The van der Waals surface area contributed by atoms with Crippen molar-refractivity contribution in [3.63, 3.8) is 0 Å². The molecule has 0 aromatic rings. The molecule has 0 heterocycles. The molecule has 0 spiro atoms. The van der Waals surface area contributed by atoms with Crippen molar-refractivity contribution in [3.8, 4) is 0 Å². The topological polar surface area (TPSA) is 26.3 Å². The van der Waals surface area contributed by atoms with Crippen molar-refractivity contribution in [1.82, 2.24) is 0 Å². The van der Waals surface area contributed by atoms with Crippen molar-refractivity contribution in [2.75, 3.05) is 6.61 Å². The van der Waals surface area contributed by atoms with Crippen LogP contribution in [0.2, 0.25) is 0 Å². The molecule has 2 heteroatoms. The number of ether oxygens (including phenoxy) is 1. The number of rotatable bonds is 15. The standard InChI is InChI=1S/C20H36O2/c1-3-4-5-6-7-8-9-10-11-12-13-14-15-16-17-18-19-22-20(2)21/h6-7,17-18H,3-5,8-16,19H2,1-2H3/b7-6+,18-17-. The number of hydrogen-bond donors (Lipinski definition) is 0. The second-order valence-electron chi connectivity index (χ2n) is 5.94. The zero-order valence-electron chi connectivity index (χ0n) is 14.8. The van der Waals surface area contributed by atoms with E-state index < -0.39 is 0 Å². The summed E-state index contributed by atoms with van der Waals surface area (Å²) in [6.45, 7) is 4.10. The van der Waals surface area contributed by atoms with Crippen molar-refractivity contribution in [1.29, 1.82) is 0 Å². The first-order valence-corrected chi connectivity index (χ1v) is 9.20. The van der Waals surface area contributed by atoms with Gasteiger partial charge in [0.1, 0.15) is 6.61 Å². The number of unbranched alkanes of at least 4 members (excludes halogenated alkanes) is 10. The molecule has 0 saturated heterocycles. The smallest absolute Gasteiger partial charge is 0.302 e. The van der Waals surface area contributed by atoms with Crippen LogP contribution in [-0.2, 0) is 9.53 Å². The first-order valence-electron chi connectivity index (χ1n) is 9.20. The molecule has 0 aliphatic carbocycles. The van der Waals surface area contributed by atoms with E-state index in [1.54, 1.807) is 0 Å². The van der Waals surface area contributed by atoms with Gasteiger partial charge in [0.15, 0.2) is 0 Å². The summed E-state index contributed by atoms with van der Waals surface area (Å²) in [4.78, 5) is 10.5. The Morgan fingerprint density at radius 1 is 0.727 bits per heavy atom. The van der Waals surface area contributed by atoms with E-state index in [0.29, 0.717) is 6.61 Å². The number of allylic oxidation sites excluding steroid dienone is 3. The normalized spacial score (nSPS) is 11.5. The van der Waals surface area contributed by atoms with Gasteiger partial charge in [0.05, 0.1) is 0 Å². The summed E-state index contributed by atoms with van der Waals surface area (Å²) in [5.74, 6) is -0.207. The molecule has 0 aromatic carbocycles. The van der Waals surface area contributed by atoms with Gasteiger partial charge in [0, 0.05) is 6.92 Å². The first-order chi connectivity index (χ1) is 10.8. The highest BCUT2D eigenvalue weighted by molar-refractivity contribution is 5.65. The van der Waals surface area contributed by atoms with E-state index in [0.717, 1.165) is 6.42 Å². The molecule has 22 heavy (non-hydrogen) atoms. The van der Waals surface area contributed by atoms with Crippen LogP contribution in [0.25, 0.3) is 0 Å². The highest BCUT2D eigenvalue weighted by Gasteiger charge is 1.91. The Hall–Kier alpha value is -1.05. The Labute approximate surface area is 138 Å². The lowest BCUT2D eigenvalue weighted by Crippen LogP contribution is -1.97. The number of carbonyl (C=O) groups is 1. The average molecular weight is 309 g/mol. The molecule has 0 unspecified atom stereocenters. The van der Waals surface area contributed by atoms with Crippen LogP contribution in [0.4, 0.5) is 0 Å². The molecule has 0 bridgehead atoms. The van der Waals surface area contributed by atoms with Crippen LogP contribution in [0.5, 0.6) is 0 Å². The summed E-state index contributed by atoms with van der Waals surface area (Å²) < 4.78 is 4.83. The van der Waals surface area contributed by atoms with E-state index in [9.17, 15) is 4.79 Å². The van der Waals surface area contributed by atoms with E-state index in [1.807, 2.05) is 6.08 Å². The van der Waals surface area contributed by atoms with Gasteiger partial charge in [0.2, 0.25) is 0 Å². The fourth-order valence-corrected chi connectivity index (χ4v) is 2.32. The lowest BCUT2D eigenvalue weighted by Gasteiger charge is -2.00. The molecule has 0 saturated carbocycles. The molecule has 2 nitrogen and oxygen atoms in total. The molecule has 0 aliphatic heterocycles. The molecule has 0 radical (unpaired) electrons. The van der Waals surface area contributed by atoms with Crippen LogP contribution in [-0.4, -0.2) is 12.6 Å². The predicted molar refractivity (Wildman–Crippen MR) is 96.0 cm³/mol. The van der Waals surface area contributed by atoms with Crippen LogP contribution < -0.4 is 0 Å². The zero-order chi connectivity index (χ0) is 16.3. The first kappa shape index (κ1) is 20.9. The fraction of sp³-hybridized carbons (Fsp3) is 0.750. The minimum Gasteiger partial charge on any atom is -0.462 e. The third kappa shape index (κ3) is 18.9. The summed E-state index contributed by atoms with van der Waals surface area (Å²) in [7, 11) is 0.